The maximum absolute atomic E-state index is 11.4. The zero-order valence-electron chi connectivity index (χ0n) is 11.2. The SMILES string of the molecule is CCC(=O)c1ccc[c-]1C(=O)CC.[Fe+2].c1cc[cH-]c1. The van der Waals surface area contributed by atoms with Gasteiger partial charge in [0.15, 0.2) is 0 Å². The predicted molar refractivity (Wildman–Crippen MR) is 73.3 cm³/mol. The third-order valence-corrected chi connectivity index (χ3v) is 2.61. The van der Waals surface area contributed by atoms with Crippen LogP contribution in [-0.4, -0.2) is 11.6 Å². The van der Waals surface area contributed by atoms with Gasteiger partial charge in [-0.3, -0.25) is 0 Å². The third kappa shape index (κ3) is 5.37. The fourth-order valence-electron chi connectivity index (χ4n) is 1.61. The van der Waals surface area contributed by atoms with E-state index >= 15 is 0 Å². The van der Waals surface area contributed by atoms with Crippen LogP contribution >= 0.6 is 0 Å². The summed E-state index contributed by atoms with van der Waals surface area (Å²) >= 11 is 0. The number of hydrogen-bond donors (Lipinski definition) is 0. The van der Waals surface area contributed by atoms with Gasteiger partial charge in [-0.15, -0.1) is 11.6 Å². The molecular formula is C16H18FeO2. The smallest absolute Gasteiger partial charge is 0.352 e. The molecule has 0 saturated carbocycles. The van der Waals surface area contributed by atoms with Gasteiger partial charge in [-0.05, 0) is 12.8 Å². The fraction of sp³-hybridized carbons (Fsp3) is 0.250. The Labute approximate surface area is 125 Å². The third-order valence-electron chi connectivity index (χ3n) is 2.61. The minimum atomic E-state index is 0. The molecule has 0 saturated heterocycles. The summed E-state index contributed by atoms with van der Waals surface area (Å²) in [6.07, 6.45) is 0.905. The van der Waals surface area contributed by atoms with Crippen LogP contribution in [0.5, 0.6) is 0 Å². The van der Waals surface area contributed by atoms with E-state index in [0.717, 1.165) is 0 Å². The molecule has 0 aromatic heterocycles. The van der Waals surface area contributed by atoms with Crippen molar-refractivity contribution >= 4 is 11.6 Å². The Morgan fingerprint density at radius 3 is 2.16 bits per heavy atom. The summed E-state index contributed by atoms with van der Waals surface area (Å²) in [4.78, 5) is 22.7. The molecule has 0 heterocycles. The van der Waals surface area contributed by atoms with E-state index in [-0.39, 0.29) is 28.6 Å². The molecule has 0 fully saturated rings. The van der Waals surface area contributed by atoms with Crippen LogP contribution in [0.1, 0.15) is 47.4 Å². The van der Waals surface area contributed by atoms with Gasteiger partial charge in [0.25, 0.3) is 0 Å². The molecule has 19 heavy (non-hydrogen) atoms. The number of Topliss-reactive ketones (excluding diaryl/α,β-unsaturated/α-hetero) is 2. The normalized spacial score (nSPS) is 8.95. The molecule has 0 radical (unpaired) electrons. The number of hydrogen-bond acceptors (Lipinski definition) is 2. The first kappa shape index (κ1) is 17.6. The number of rotatable bonds is 4. The van der Waals surface area contributed by atoms with Crippen molar-refractivity contribution in [3.63, 3.8) is 0 Å². The van der Waals surface area contributed by atoms with Crippen LogP contribution in [0.2, 0.25) is 0 Å². The van der Waals surface area contributed by atoms with E-state index in [4.69, 9.17) is 0 Å². The summed E-state index contributed by atoms with van der Waals surface area (Å²) < 4.78 is 0. The molecule has 2 aromatic rings. The molecule has 0 atom stereocenters. The van der Waals surface area contributed by atoms with Crippen LogP contribution in [-0.2, 0) is 17.1 Å². The zero-order chi connectivity index (χ0) is 13.4. The van der Waals surface area contributed by atoms with E-state index in [1.807, 2.05) is 30.3 Å². The Morgan fingerprint density at radius 1 is 1.11 bits per heavy atom. The molecule has 0 bridgehead atoms. The molecule has 0 aliphatic heterocycles. The molecule has 0 amide bonds. The maximum Gasteiger partial charge on any atom is 2.00 e. The van der Waals surface area contributed by atoms with Gasteiger partial charge in [0.05, 0.1) is 5.78 Å². The predicted octanol–water partition coefficient (Wildman–Crippen LogP) is 3.99. The second-order valence-electron chi connectivity index (χ2n) is 3.87. The molecule has 0 N–H and O–H groups in total. The van der Waals surface area contributed by atoms with Gasteiger partial charge in [0, 0.05) is 0 Å². The Kier molecular flexibility index (Phi) is 8.77. The first-order valence-corrected chi connectivity index (χ1v) is 6.19. The first-order valence-electron chi connectivity index (χ1n) is 6.19. The summed E-state index contributed by atoms with van der Waals surface area (Å²) in [6, 6.07) is 15.2. The summed E-state index contributed by atoms with van der Waals surface area (Å²) in [5, 5.41) is 0. The van der Waals surface area contributed by atoms with E-state index in [1.54, 1.807) is 32.0 Å². The van der Waals surface area contributed by atoms with Crippen LogP contribution in [0.15, 0.2) is 48.5 Å². The molecule has 0 spiro atoms. The quantitative estimate of drug-likeness (QED) is 0.486. The van der Waals surface area contributed by atoms with Gasteiger partial charge in [-0.1, -0.05) is 19.4 Å². The van der Waals surface area contributed by atoms with Crippen LogP contribution in [0.4, 0.5) is 0 Å². The summed E-state index contributed by atoms with van der Waals surface area (Å²) in [7, 11) is 0. The van der Waals surface area contributed by atoms with Gasteiger partial charge in [0.2, 0.25) is 0 Å². The van der Waals surface area contributed by atoms with Crippen molar-refractivity contribution in [2.75, 3.05) is 0 Å². The number of carbonyl (C=O) groups excluding carboxylic acids is 2. The molecule has 0 aliphatic rings. The van der Waals surface area contributed by atoms with Gasteiger partial charge in [-0.2, -0.15) is 30.3 Å². The molecule has 2 aromatic carbocycles. The Balaban J connectivity index is 0.000000454. The number of carbonyl (C=O) groups is 2. The average molecular weight is 298 g/mol. The number of ketones is 2. The van der Waals surface area contributed by atoms with Crippen LogP contribution < -0.4 is 0 Å². The topological polar surface area (TPSA) is 34.1 Å². The van der Waals surface area contributed by atoms with Gasteiger partial charge >= 0.3 is 17.1 Å². The summed E-state index contributed by atoms with van der Waals surface area (Å²) in [6.45, 7) is 3.60. The van der Waals surface area contributed by atoms with E-state index in [1.165, 1.54) is 0 Å². The van der Waals surface area contributed by atoms with Crippen molar-refractivity contribution in [3.05, 3.63) is 59.7 Å². The van der Waals surface area contributed by atoms with E-state index in [9.17, 15) is 9.59 Å². The minimum absolute atomic E-state index is 0. The van der Waals surface area contributed by atoms with Crippen molar-refractivity contribution in [1.82, 2.24) is 0 Å². The molecule has 0 unspecified atom stereocenters. The minimum Gasteiger partial charge on any atom is -0.352 e. The van der Waals surface area contributed by atoms with E-state index in [2.05, 4.69) is 0 Å². The monoisotopic (exact) mass is 298 g/mol. The largest absolute Gasteiger partial charge is 2.00 e. The maximum atomic E-state index is 11.4. The zero-order valence-corrected chi connectivity index (χ0v) is 12.3. The van der Waals surface area contributed by atoms with Crippen molar-refractivity contribution in [3.8, 4) is 0 Å². The van der Waals surface area contributed by atoms with Crippen LogP contribution in [0, 0.1) is 0 Å². The Hall–Kier alpha value is -1.44. The average Bonchev–Trinajstić information content (AvgIpc) is 3.09. The molecule has 2 rings (SSSR count). The standard InChI is InChI=1S/C11H13O2.C5H5.Fe/c1-3-10(12)8-6-5-7-9(8)11(13)4-2;1-2-4-5-3-1;/h5-7H,3-4H2,1-2H3;1-5H;/q2*-1;+2. The summed E-state index contributed by atoms with van der Waals surface area (Å²) in [5.74, 6) is 0.0867. The van der Waals surface area contributed by atoms with Gasteiger partial charge in [-0.25, -0.2) is 12.1 Å². The van der Waals surface area contributed by atoms with Gasteiger partial charge in [0.1, 0.15) is 5.78 Å². The fourth-order valence-corrected chi connectivity index (χ4v) is 1.61. The van der Waals surface area contributed by atoms with Crippen molar-refractivity contribution in [2.45, 2.75) is 26.7 Å². The van der Waals surface area contributed by atoms with E-state index < -0.39 is 0 Å². The Morgan fingerprint density at radius 2 is 1.74 bits per heavy atom. The summed E-state index contributed by atoms with van der Waals surface area (Å²) in [5.41, 5.74) is 1.16. The van der Waals surface area contributed by atoms with Crippen molar-refractivity contribution < 1.29 is 26.7 Å². The molecule has 102 valence electrons. The van der Waals surface area contributed by atoms with Crippen molar-refractivity contribution in [2.24, 2.45) is 0 Å². The van der Waals surface area contributed by atoms with Crippen LogP contribution in [0.3, 0.4) is 0 Å². The molecule has 2 nitrogen and oxygen atoms in total. The molecular weight excluding hydrogens is 280 g/mol. The molecule has 0 aliphatic carbocycles. The van der Waals surface area contributed by atoms with Crippen LogP contribution in [0.25, 0.3) is 0 Å². The van der Waals surface area contributed by atoms with E-state index in [0.29, 0.717) is 24.0 Å². The second kappa shape index (κ2) is 9.48. The molecule has 3 heteroatoms. The Bertz CT molecular complexity index is 433. The van der Waals surface area contributed by atoms with Crippen molar-refractivity contribution in [1.29, 1.82) is 0 Å². The second-order valence-corrected chi connectivity index (χ2v) is 3.87. The first-order chi connectivity index (χ1) is 8.70. The van der Waals surface area contributed by atoms with Gasteiger partial charge < -0.3 is 9.59 Å².